The number of rotatable bonds is 6. The largest absolute Gasteiger partial charge is 0.481 e. The average molecular weight is 371 g/mol. The minimum atomic E-state index is -3.74. The third-order valence-corrected chi connectivity index (χ3v) is 6.26. The van der Waals surface area contributed by atoms with Gasteiger partial charge in [-0.1, -0.05) is 43.2 Å². The number of benzene rings is 2. The third kappa shape index (κ3) is 3.12. The second-order valence-corrected chi connectivity index (χ2v) is 8.20. The van der Waals surface area contributed by atoms with Crippen molar-refractivity contribution in [1.82, 2.24) is 3.97 Å². The Balaban J connectivity index is 2.17. The molecule has 1 N–H and O–H groups in total. The van der Waals surface area contributed by atoms with Gasteiger partial charge in [-0.3, -0.25) is 4.79 Å². The standard InChI is InChI=1S/C20H21NO4S/c1-3-5-18(20(22)23)16-6-4-7-19-17(16)12-13-21(19)26(24,25)15-10-8-14(2)9-11-15/h4,6-13,18H,3,5H2,1-2H3,(H,22,23). The van der Waals surface area contributed by atoms with Crippen molar-refractivity contribution in [3.8, 4) is 0 Å². The first-order valence-electron chi connectivity index (χ1n) is 8.51. The van der Waals surface area contributed by atoms with Crippen LogP contribution in [-0.4, -0.2) is 23.5 Å². The summed E-state index contributed by atoms with van der Waals surface area (Å²) in [6.45, 7) is 3.83. The van der Waals surface area contributed by atoms with Crippen LogP contribution in [0.1, 0.15) is 36.8 Å². The molecule has 0 saturated heterocycles. The molecule has 0 aliphatic carbocycles. The number of aryl methyl sites for hydroxylation is 1. The molecule has 0 aliphatic heterocycles. The summed E-state index contributed by atoms with van der Waals surface area (Å²) in [7, 11) is -3.74. The van der Waals surface area contributed by atoms with Crippen molar-refractivity contribution in [3.63, 3.8) is 0 Å². The van der Waals surface area contributed by atoms with Crippen molar-refractivity contribution in [2.24, 2.45) is 0 Å². The molecule has 3 rings (SSSR count). The summed E-state index contributed by atoms with van der Waals surface area (Å²) in [5, 5.41) is 10.2. The Morgan fingerprint density at radius 2 is 1.81 bits per heavy atom. The minimum Gasteiger partial charge on any atom is -0.481 e. The fourth-order valence-electron chi connectivity index (χ4n) is 3.20. The van der Waals surface area contributed by atoms with Crippen LogP contribution >= 0.6 is 0 Å². The molecule has 1 atom stereocenters. The molecule has 6 heteroatoms. The molecule has 0 bridgehead atoms. The number of fused-ring (bicyclic) bond motifs is 1. The highest BCUT2D eigenvalue weighted by atomic mass is 32.2. The molecule has 136 valence electrons. The molecular weight excluding hydrogens is 350 g/mol. The lowest BCUT2D eigenvalue weighted by Gasteiger charge is -2.14. The van der Waals surface area contributed by atoms with Gasteiger partial charge in [-0.05, 0) is 43.2 Å². The van der Waals surface area contributed by atoms with Crippen LogP contribution in [-0.2, 0) is 14.8 Å². The second-order valence-electron chi connectivity index (χ2n) is 6.39. The summed E-state index contributed by atoms with van der Waals surface area (Å²) in [5.74, 6) is -1.55. The van der Waals surface area contributed by atoms with E-state index in [0.29, 0.717) is 22.9 Å². The Bertz CT molecular complexity index is 1050. The summed E-state index contributed by atoms with van der Waals surface area (Å²) in [6.07, 6.45) is 2.73. The molecule has 3 aromatic rings. The number of hydrogen-bond acceptors (Lipinski definition) is 3. The van der Waals surface area contributed by atoms with E-state index >= 15 is 0 Å². The van der Waals surface area contributed by atoms with Gasteiger partial charge in [0, 0.05) is 11.6 Å². The summed E-state index contributed by atoms with van der Waals surface area (Å²) in [6, 6.07) is 13.5. The molecule has 2 aromatic carbocycles. The number of aromatic nitrogens is 1. The lowest BCUT2D eigenvalue weighted by atomic mass is 9.92. The van der Waals surface area contributed by atoms with Crippen molar-refractivity contribution >= 4 is 26.9 Å². The van der Waals surface area contributed by atoms with Gasteiger partial charge in [0.2, 0.25) is 0 Å². The number of hydrogen-bond donors (Lipinski definition) is 1. The zero-order chi connectivity index (χ0) is 18.9. The van der Waals surface area contributed by atoms with Crippen LogP contribution in [0.2, 0.25) is 0 Å². The van der Waals surface area contributed by atoms with E-state index in [1.165, 1.54) is 10.2 Å². The highest BCUT2D eigenvalue weighted by Crippen LogP contribution is 2.31. The zero-order valence-corrected chi connectivity index (χ0v) is 15.5. The molecule has 0 saturated carbocycles. The van der Waals surface area contributed by atoms with Crippen molar-refractivity contribution in [3.05, 3.63) is 65.9 Å². The van der Waals surface area contributed by atoms with Crippen molar-refractivity contribution < 1.29 is 18.3 Å². The molecule has 1 aromatic heterocycles. The van der Waals surface area contributed by atoms with Gasteiger partial charge in [-0.25, -0.2) is 12.4 Å². The lowest BCUT2D eigenvalue weighted by Crippen LogP contribution is -2.13. The number of nitrogens with zero attached hydrogens (tertiary/aromatic N) is 1. The van der Waals surface area contributed by atoms with E-state index in [-0.39, 0.29) is 4.90 Å². The summed E-state index contributed by atoms with van der Waals surface area (Å²) in [5.41, 5.74) is 2.12. The predicted molar refractivity (Wildman–Crippen MR) is 101 cm³/mol. The van der Waals surface area contributed by atoms with Gasteiger partial charge < -0.3 is 5.11 Å². The average Bonchev–Trinajstić information content (AvgIpc) is 3.05. The first-order chi connectivity index (χ1) is 12.4. The van der Waals surface area contributed by atoms with Crippen molar-refractivity contribution in [2.45, 2.75) is 37.5 Å². The van der Waals surface area contributed by atoms with E-state index in [0.717, 1.165) is 12.0 Å². The monoisotopic (exact) mass is 371 g/mol. The third-order valence-electron chi connectivity index (χ3n) is 4.56. The maximum atomic E-state index is 13.0. The van der Waals surface area contributed by atoms with E-state index in [9.17, 15) is 18.3 Å². The molecule has 0 aliphatic rings. The Hall–Kier alpha value is -2.60. The highest BCUT2D eigenvalue weighted by molar-refractivity contribution is 7.90. The van der Waals surface area contributed by atoms with Crippen LogP contribution in [0.25, 0.3) is 10.9 Å². The predicted octanol–water partition coefficient (Wildman–Crippen LogP) is 4.16. The summed E-state index contributed by atoms with van der Waals surface area (Å²) >= 11 is 0. The molecule has 0 spiro atoms. The minimum absolute atomic E-state index is 0.203. The summed E-state index contributed by atoms with van der Waals surface area (Å²) < 4.78 is 27.2. The zero-order valence-electron chi connectivity index (χ0n) is 14.7. The maximum absolute atomic E-state index is 13.0. The van der Waals surface area contributed by atoms with Gasteiger partial charge in [-0.2, -0.15) is 0 Å². The summed E-state index contributed by atoms with van der Waals surface area (Å²) in [4.78, 5) is 11.9. The molecule has 0 amide bonds. The van der Waals surface area contributed by atoms with Crippen LogP contribution in [0.4, 0.5) is 0 Å². The Morgan fingerprint density at radius 3 is 2.42 bits per heavy atom. The molecule has 0 fully saturated rings. The lowest BCUT2D eigenvalue weighted by molar-refractivity contribution is -0.138. The molecule has 26 heavy (non-hydrogen) atoms. The van der Waals surface area contributed by atoms with Crippen LogP contribution in [0.5, 0.6) is 0 Å². The number of aliphatic carboxylic acids is 1. The SMILES string of the molecule is CCCC(C(=O)O)c1cccc2c1ccn2S(=O)(=O)c1ccc(C)cc1. The van der Waals surface area contributed by atoms with Gasteiger partial charge in [0.05, 0.1) is 16.3 Å². The van der Waals surface area contributed by atoms with E-state index < -0.39 is 21.9 Å². The van der Waals surface area contributed by atoms with Gasteiger partial charge in [0.15, 0.2) is 0 Å². The molecule has 5 nitrogen and oxygen atoms in total. The molecule has 0 radical (unpaired) electrons. The van der Waals surface area contributed by atoms with Gasteiger partial charge in [0.1, 0.15) is 0 Å². The maximum Gasteiger partial charge on any atom is 0.310 e. The van der Waals surface area contributed by atoms with E-state index in [4.69, 9.17) is 0 Å². The number of carbonyl (C=O) groups is 1. The highest BCUT2D eigenvalue weighted by Gasteiger charge is 2.24. The molecule has 1 unspecified atom stereocenters. The van der Waals surface area contributed by atoms with Crippen LogP contribution in [0.15, 0.2) is 59.6 Å². The van der Waals surface area contributed by atoms with Gasteiger partial charge >= 0.3 is 5.97 Å². The Kier molecular flexibility index (Phi) is 4.87. The Morgan fingerprint density at radius 1 is 1.12 bits per heavy atom. The quantitative estimate of drug-likeness (QED) is 0.706. The molecule has 1 heterocycles. The van der Waals surface area contributed by atoms with Crippen molar-refractivity contribution in [2.75, 3.05) is 0 Å². The van der Waals surface area contributed by atoms with E-state index in [1.54, 1.807) is 48.5 Å². The van der Waals surface area contributed by atoms with Crippen LogP contribution in [0, 0.1) is 6.92 Å². The number of carboxylic acids is 1. The molecular formula is C20H21NO4S. The van der Waals surface area contributed by atoms with E-state index in [1.807, 2.05) is 13.8 Å². The number of carboxylic acid groups (broad SMARTS) is 1. The Labute approximate surface area is 152 Å². The van der Waals surface area contributed by atoms with Gasteiger partial charge in [0.25, 0.3) is 10.0 Å². The smallest absolute Gasteiger partial charge is 0.310 e. The van der Waals surface area contributed by atoms with Crippen LogP contribution < -0.4 is 0 Å². The normalized spacial score (nSPS) is 13.0. The topological polar surface area (TPSA) is 76.4 Å². The van der Waals surface area contributed by atoms with Crippen LogP contribution in [0.3, 0.4) is 0 Å². The van der Waals surface area contributed by atoms with Crippen molar-refractivity contribution in [1.29, 1.82) is 0 Å². The first kappa shape index (κ1) is 18.2. The fourth-order valence-corrected chi connectivity index (χ4v) is 4.55. The van der Waals surface area contributed by atoms with E-state index in [2.05, 4.69) is 0 Å². The fraction of sp³-hybridized carbons (Fsp3) is 0.250. The first-order valence-corrected chi connectivity index (χ1v) is 9.95. The second kappa shape index (κ2) is 6.96. The van der Waals surface area contributed by atoms with Gasteiger partial charge in [-0.15, -0.1) is 0 Å².